The Morgan fingerprint density at radius 1 is 1.41 bits per heavy atom. The molecule has 1 aliphatic carbocycles. The second-order valence-electron chi connectivity index (χ2n) is 4.89. The Morgan fingerprint density at radius 2 is 2.12 bits per heavy atom. The minimum atomic E-state index is -0.367. The van der Waals surface area contributed by atoms with Crippen LogP contribution in [0.2, 0.25) is 0 Å². The van der Waals surface area contributed by atoms with Gasteiger partial charge in [-0.2, -0.15) is 0 Å². The van der Waals surface area contributed by atoms with Gasteiger partial charge in [-0.25, -0.2) is 0 Å². The van der Waals surface area contributed by atoms with Gasteiger partial charge >= 0.3 is 0 Å². The average molecular weight is 298 g/mol. The molecule has 1 aromatic rings. The van der Waals surface area contributed by atoms with Gasteiger partial charge in [-0.15, -0.1) is 0 Å². The van der Waals surface area contributed by atoms with Crippen molar-refractivity contribution in [2.45, 2.75) is 37.8 Å². The number of rotatable bonds is 5. The third-order valence-corrected chi connectivity index (χ3v) is 4.44. The standard InChI is InChI=1S/C14H20BrNO/c1-16(11-5-4-6-11)10-9-14(17)12-7-2-3-8-13(12)15/h2-3,7-8,11,14,17H,4-6,9-10H2,1H3. The summed E-state index contributed by atoms with van der Waals surface area (Å²) in [6, 6.07) is 8.66. The van der Waals surface area contributed by atoms with Crippen LogP contribution >= 0.6 is 15.9 Å². The molecule has 0 bridgehead atoms. The van der Waals surface area contributed by atoms with E-state index in [0.717, 1.165) is 29.0 Å². The number of nitrogens with zero attached hydrogens (tertiary/aromatic N) is 1. The van der Waals surface area contributed by atoms with E-state index in [1.54, 1.807) is 0 Å². The molecular weight excluding hydrogens is 278 g/mol. The normalized spacial score (nSPS) is 18.1. The monoisotopic (exact) mass is 297 g/mol. The van der Waals surface area contributed by atoms with E-state index < -0.39 is 0 Å². The van der Waals surface area contributed by atoms with Gasteiger partial charge in [0, 0.05) is 17.1 Å². The molecule has 0 amide bonds. The van der Waals surface area contributed by atoms with Crippen molar-refractivity contribution < 1.29 is 5.11 Å². The molecule has 0 radical (unpaired) electrons. The average Bonchev–Trinajstić information content (AvgIpc) is 2.24. The summed E-state index contributed by atoms with van der Waals surface area (Å²) in [6.07, 6.45) is 4.44. The van der Waals surface area contributed by atoms with E-state index in [9.17, 15) is 5.11 Å². The quantitative estimate of drug-likeness (QED) is 0.901. The second kappa shape index (κ2) is 5.98. The first-order valence-electron chi connectivity index (χ1n) is 6.31. The highest BCUT2D eigenvalue weighted by Crippen LogP contribution is 2.27. The second-order valence-corrected chi connectivity index (χ2v) is 5.75. The summed E-state index contributed by atoms with van der Waals surface area (Å²) < 4.78 is 0.999. The van der Waals surface area contributed by atoms with Crippen LogP contribution in [-0.4, -0.2) is 29.6 Å². The number of aliphatic hydroxyl groups excluding tert-OH is 1. The van der Waals surface area contributed by atoms with Crippen molar-refractivity contribution in [1.82, 2.24) is 4.90 Å². The minimum Gasteiger partial charge on any atom is -0.388 e. The van der Waals surface area contributed by atoms with Gasteiger partial charge in [0.25, 0.3) is 0 Å². The molecule has 1 unspecified atom stereocenters. The van der Waals surface area contributed by atoms with Crippen molar-refractivity contribution in [3.8, 4) is 0 Å². The highest BCUT2D eigenvalue weighted by Gasteiger charge is 2.22. The Hall–Kier alpha value is -0.380. The van der Waals surface area contributed by atoms with Gasteiger partial charge in [-0.05, 0) is 37.9 Å². The van der Waals surface area contributed by atoms with Crippen LogP contribution in [0.4, 0.5) is 0 Å². The summed E-state index contributed by atoms with van der Waals surface area (Å²) in [5.41, 5.74) is 0.995. The number of hydrogen-bond acceptors (Lipinski definition) is 2. The highest BCUT2D eigenvalue weighted by atomic mass is 79.9. The molecule has 0 aliphatic heterocycles. The third-order valence-electron chi connectivity index (χ3n) is 3.72. The summed E-state index contributed by atoms with van der Waals surface area (Å²) in [5, 5.41) is 10.2. The molecule has 2 nitrogen and oxygen atoms in total. The summed E-state index contributed by atoms with van der Waals surface area (Å²) in [4.78, 5) is 2.38. The number of hydrogen-bond donors (Lipinski definition) is 1. The first-order valence-corrected chi connectivity index (χ1v) is 7.10. The van der Waals surface area contributed by atoms with E-state index in [1.807, 2.05) is 24.3 Å². The predicted octanol–water partition coefficient (Wildman–Crippen LogP) is 3.36. The van der Waals surface area contributed by atoms with Gasteiger partial charge < -0.3 is 10.0 Å². The summed E-state index contributed by atoms with van der Waals surface area (Å²) >= 11 is 3.48. The van der Waals surface area contributed by atoms with E-state index in [4.69, 9.17) is 0 Å². The summed E-state index contributed by atoms with van der Waals surface area (Å²) in [7, 11) is 2.16. The smallest absolute Gasteiger partial charge is 0.0813 e. The summed E-state index contributed by atoms with van der Waals surface area (Å²) in [5.74, 6) is 0. The summed E-state index contributed by atoms with van der Waals surface area (Å²) in [6.45, 7) is 0.965. The van der Waals surface area contributed by atoms with Crippen molar-refractivity contribution in [3.05, 3.63) is 34.3 Å². The molecule has 17 heavy (non-hydrogen) atoms. The maximum Gasteiger partial charge on any atom is 0.0813 e. The van der Waals surface area contributed by atoms with Crippen LogP contribution in [0.1, 0.15) is 37.4 Å². The lowest BCUT2D eigenvalue weighted by Gasteiger charge is -2.35. The topological polar surface area (TPSA) is 23.5 Å². The van der Waals surface area contributed by atoms with Crippen LogP contribution in [0.5, 0.6) is 0 Å². The Balaban J connectivity index is 1.84. The first-order chi connectivity index (χ1) is 8.18. The molecule has 1 N–H and O–H groups in total. The van der Waals surface area contributed by atoms with E-state index in [1.165, 1.54) is 19.3 Å². The van der Waals surface area contributed by atoms with Crippen LogP contribution in [-0.2, 0) is 0 Å². The lowest BCUT2D eigenvalue weighted by Crippen LogP contribution is -2.38. The SMILES string of the molecule is CN(CCC(O)c1ccccc1Br)C1CCC1. The van der Waals surface area contributed by atoms with Crippen LogP contribution < -0.4 is 0 Å². The van der Waals surface area contributed by atoms with Crippen LogP contribution in [0.3, 0.4) is 0 Å². The molecule has 1 fully saturated rings. The fourth-order valence-corrected chi connectivity index (χ4v) is 2.79. The molecule has 1 aromatic carbocycles. The molecule has 0 saturated heterocycles. The molecule has 2 rings (SSSR count). The van der Waals surface area contributed by atoms with Crippen molar-refractivity contribution in [1.29, 1.82) is 0 Å². The van der Waals surface area contributed by atoms with E-state index in [-0.39, 0.29) is 6.10 Å². The molecule has 1 saturated carbocycles. The fraction of sp³-hybridized carbons (Fsp3) is 0.571. The van der Waals surface area contributed by atoms with Gasteiger partial charge in [0.1, 0.15) is 0 Å². The van der Waals surface area contributed by atoms with Gasteiger partial charge in [-0.3, -0.25) is 0 Å². The Morgan fingerprint density at radius 3 is 2.71 bits per heavy atom. The zero-order chi connectivity index (χ0) is 12.3. The number of halogens is 1. The Bertz CT molecular complexity index is 365. The lowest BCUT2D eigenvalue weighted by atomic mass is 9.91. The van der Waals surface area contributed by atoms with Crippen molar-refractivity contribution in [3.63, 3.8) is 0 Å². The maximum atomic E-state index is 10.2. The molecule has 1 aliphatic rings. The Labute approximate surface area is 112 Å². The Kier molecular flexibility index (Phi) is 4.60. The molecule has 0 spiro atoms. The largest absolute Gasteiger partial charge is 0.388 e. The zero-order valence-electron chi connectivity index (χ0n) is 10.3. The van der Waals surface area contributed by atoms with E-state index >= 15 is 0 Å². The highest BCUT2D eigenvalue weighted by molar-refractivity contribution is 9.10. The fourth-order valence-electron chi connectivity index (χ4n) is 2.24. The van der Waals surface area contributed by atoms with Gasteiger partial charge in [-0.1, -0.05) is 40.5 Å². The first kappa shape index (κ1) is 13.1. The van der Waals surface area contributed by atoms with E-state index in [2.05, 4.69) is 27.9 Å². The van der Waals surface area contributed by atoms with Gasteiger partial charge in [0.2, 0.25) is 0 Å². The van der Waals surface area contributed by atoms with Gasteiger partial charge in [0.05, 0.1) is 6.10 Å². The molecule has 1 atom stereocenters. The number of aliphatic hydroxyl groups is 1. The zero-order valence-corrected chi connectivity index (χ0v) is 11.9. The molecular formula is C14H20BrNO. The third kappa shape index (κ3) is 3.30. The minimum absolute atomic E-state index is 0.367. The number of benzene rings is 1. The molecule has 94 valence electrons. The maximum absolute atomic E-state index is 10.2. The van der Waals surface area contributed by atoms with Crippen molar-refractivity contribution in [2.24, 2.45) is 0 Å². The lowest BCUT2D eigenvalue weighted by molar-refractivity contribution is 0.111. The molecule has 0 aromatic heterocycles. The predicted molar refractivity (Wildman–Crippen MR) is 74.0 cm³/mol. The van der Waals surface area contributed by atoms with Crippen molar-refractivity contribution >= 4 is 15.9 Å². The van der Waals surface area contributed by atoms with Gasteiger partial charge in [0.15, 0.2) is 0 Å². The van der Waals surface area contributed by atoms with E-state index in [0.29, 0.717) is 0 Å². The van der Waals surface area contributed by atoms with Crippen LogP contribution in [0.15, 0.2) is 28.7 Å². The molecule has 3 heteroatoms. The molecule has 0 heterocycles. The van der Waals surface area contributed by atoms with Crippen LogP contribution in [0.25, 0.3) is 0 Å². The van der Waals surface area contributed by atoms with Crippen molar-refractivity contribution in [2.75, 3.05) is 13.6 Å². The van der Waals surface area contributed by atoms with Crippen LogP contribution in [0, 0.1) is 0 Å².